The van der Waals surface area contributed by atoms with E-state index in [1.807, 2.05) is 85.9 Å². The topological polar surface area (TPSA) is 44.4 Å². The van der Waals surface area contributed by atoms with E-state index in [0.717, 1.165) is 42.0 Å². The van der Waals surface area contributed by atoms with Gasteiger partial charge >= 0.3 is 0 Å². The minimum absolute atomic E-state index is 0.102. The molecule has 0 bridgehead atoms. The lowest BCUT2D eigenvalue weighted by Crippen LogP contribution is -2.22. The highest BCUT2D eigenvalue weighted by Gasteiger charge is 2.12. The second kappa shape index (κ2) is 9.72. The molecule has 0 aliphatic carbocycles. The monoisotopic (exact) mass is 373 g/mol. The van der Waals surface area contributed by atoms with Gasteiger partial charge in [-0.05, 0) is 61.5 Å². The molecule has 0 unspecified atom stereocenters. The quantitative estimate of drug-likeness (QED) is 0.565. The van der Waals surface area contributed by atoms with E-state index in [1.165, 1.54) is 0 Å². The first-order valence-electron chi connectivity index (χ1n) is 9.60. The molecule has 0 heterocycles. The van der Waals surface area contributed by atoms with Crippen LogP contribution in [0.15, 0.2) is 78.9 Å². The third-order valence-corrected chi connectivity index (χ3v) is 4.74. The molecule has 0 aliphatic heterocycles. The number of carbonyl (C=O) groups excluding carboxylic acids is 1. The normalized spacial score (nSPS) is 10.5. The van der Waals surface area contributed by atoms with Crippen molar-refractivity contribution in [1.82, 2.24) is 5.32 Å². The maximum Gasteiger partial charge on any atom is 0.256 e. The first-order chi connectivity index (χ1) is 13.7. The SMILES string of the molecule is CNCCCN(C)c1ccc(NC(=O)c2ccccc2-c2ccccc2)cc1. The van der Waals surface area contributed by atoms with Gasteiger partial charge in [0.05, 0.1) is 0 Å². The molecular weight excluding hydrogens is 346 g/mol. The lowest BCUT2D eigenvalue weighted by Gasteiger charge is -2.19. The van der Waals surface area contributed by atoms with E-state index in [4.69, 9.17) is 0 Å². The highest BCUT2D eigenvalue weighted by Crippen LogP contribution is 2.25. The van der Waals surface area contributed by atoms with Gasteiger partial charge in [-0.15, -0.1) is 0 Å². The van der Waals surface area contributed by atoms with Crippen molar-refractivity contribution >= 4 is 17.3 Å². The van der Waals surface area contributed by atoms with Gasteiger partial charge in [0.25, 0.3) is 5.91 Å². The van der Waals surface area contributed by atoms with Crippen LogP contribution in [0.2, 0.25) is 0 Å². The molecule has 3 rings (SSSR count). The molecule has 1 amide bonds. The number of nitrogens with zero attached hydrogens (tertiary/aromatic N) is 1. The van der Waals surface area contributed by atoms with Gasteiger partial charge in [0.1, 0.15) is 0 Å². The van der Waals surface area contributed by atoms with E-state index < -0.39 is 0 Å². The summed E-state index contributed by atoms with van der Waals surface area (Å²) in [5.41, 5.74) is 4.56. The summed E-state index contributed by atoms with van der Waals surface area (Å²) in [7, 11) is 4.05. The Hall–Kier alpha value is -3.11. The Balaban J connectivity index is 1.70. The molecule has 28 heavy (non-hydrogen) atoms. The van der Waals surface area contributed by atoms with Crippen molar-refractivity contribution in [3.63, 3.8) is 0 Å². The summed E-state index contributed by atoms with van der Waals surface area (Å²) in [5, 5.41) is 6.18. The lowest BCUT2D eigenvalue weighted by molar-refractivity contribution is 0.102. The van der Waals surface area contributed by atoms with Crippen molar-refractivity contribution < 1.29 is 4.79 Å². The zero-order valence-corrected chi connectivity index (χ0v) is 16.5. The van der Waals surface area contributed by atoms with Crippen LogP contribution in [0.3, 0.4) is 0 Å². The summed E-state index contributed by atoms with van der Waals surface area (Å²) in [6.07, 6.45) is 1.09. The minimum Gasteiger partial charge on any atom is -0.375 e. The number of hydrogen-bond donors (Lipinski definition) is 2. The van der Waals surface area contributed by atoms with Crippen LogP contribution in [-0.2, 0) is 0 Å². The molecule has 0 spiro atoms. The van der Waals surface area contributed by atoms with Crippen molar-refractivity contribution in [3.05, 3.63) is 84.4 Å². The van der Waals surface area contributed by atoms with Crippen LogP contribution < -0.4 is 15.5 Å². The number of amides is 1. The Kier molecular flexibility index (Phi) is 6.82. The second-order valence-electron chi connectivity index (χ2n) is 6.79. The molecule has 0 saturated carbocycles. The number of benzene rings is 3. The van der Waals surface area contributed by atoms with Crippen molar-refractivity contribution in [2.45, 2.75) is 6.42 Å². The van der Waals surface area contributed by atoms with Gasteiger partial charge in [-0.25, -0.2) is 0 Å². The maximum absolute atomic E-state index is 12.9. The fraction of sp³-hybridized carbons (Fsp3) is 0.208. The summed E-state index contributed by atoms with van der Waals surface area (Å²) < 4.78 is 0. The van der Waals surface area contributed by atoms with Crippen LogP contribution in [0.5, 0.6) is 0 Å². The fourth-order valence-corrected chi connectivity index (χ4v) is 3.17. The minimum atomic E-state index is -0.102. The standard InChI is InChI=1S/C24H27N3O/c1-25-17-8-18-27(2)21-15-13-20(14-16-21)26-24(28)23-12-7-6-11-22(23)19-9-4-3-5-10-19/h3-7,9-16,25H,8,17-18H2,1-2H3,(H,26,28). The second-order valence-corrected chi connectivity index (χ2v) is 6.79. The molecule has 0 atom stereocenters. The van der Waals surface area contributed by atoms with Gasteiger partial charge in [0, 0.05) is 30.5 Å². The molecule has 4 nitrogen and oxygen atoms in total. The van der Waals surface area contributed by atoms with E-state index in [9.17, 15) is 4.79 Å². The van der Waals surface area contributed by atoms with Gasteiger partial charge in [-0.3, -0.25) is 4.79 Å². The molecule has 0 aromatic heterocycles. The van der Waals surface area contributed by atoms with Gasteiger partial charge in [0.15, 0.2) is 0 Å². The van der Waals surface area contributed by atoms with Crippen molar-refractivity contribution in [1.29, 1.82) is 0 Å². The molecule has 0 saturated heterocycles. The Morgan fingerprint density at radius 1 is 0.893 bits per heavy atom. The Bertz CT molecular complexity index is 891. The summed E-state index contributed by atoms with van der Waals surface area (Å²) in [4.78, 5) is 15.1. The molecule has 3 aromatic rings. The van der Waals surface area contributed by atoms with Crippen LogP contribution in [0.4, 0.5) is 11.4 Å². The van der Waals surface area contributed by atoms with E-state index in [-0.39, 0.29) is 5.91 Å². The molecule has 0 aliphatic rings. The highest BCUT2D eigenvalue weighted by molar-refractivity contribution is 6.08. The van der Waals surface area contributed by atoms with Crippen LogP contribution in [-0.4, -0.2) is 33.1 Å². The Morgan fingerprint density at radius 3 is 2.29 bits per heavy atom. The number of nitrogens with one attached hydrogen (secondary N) is 2. The van der Waals surface area contributed by atoms with E-state index in [1.54, 1.807) is 0 Å². The summed E-state index contributed by atoms with van der Waals surface area (Å²) in [5.74, 6) is -0.102. The van der Waals surface area contributed by atoms with Crippen molar-refractivity contribution in [3.8, 4) is 11.1 Å². The Labute approximate surface area is 167 Å². The predicted molar refractivity (Wildman–Crippen MR) is 118 cm³/mol. The number of rotatable bonds is 8. The largest absolute Gasteiger partial charge is 0.375 e. The van der Waals surface area contributed by atoms with Crippen molar-refractivity contribution in [2.75, 3.05) is 37.4 Å². The average molecular weight is 374 g/mol. The van der Waals surface area contributed by atoms with E-state index in [2.05, 4.69) is 22.6 Å². The fourth-order valence-electron chi connectivity index (χ4n) is 3.17. The average Bonchev–Trinajstić information content (AvgIpc) is 2.75. The third-order valence-electron chi connectivity index (χ3n) is 4.74. The molecule has 3 aromatic carbocycles. The van der Waals surface area contributed by atoms with Gasteiger partial charge in [-0.1, -0.05) is 48.5 Å². The summed E-state index contributed by atoms with van der Waals surface area (Å²) in [6.45, 7) is 1.98. The van der Waals surface area contributed by atoms with Crippen molar-refractivity contribution in [2.24, 2.45) is 0 Å². The molecular formula is C24H27N3O. The number of carbonyl (C=O) groups is 1. The predicted octanol–water partition coefficient (Wildman–Crippen LogP) is 4.65. The molecule has 2 N–H and O–H groups in total. The lowest BCUT2D eigenvalue weighted by atomic mass is 9.99. The van der Waals surface area contributed by atoms with Gasteiger partial charge in [-0.2, -0.15) is 0 Å². The van der Waals surface area contributed by atoms with E-state index >= 15 is 0 Å². The van der Waals surface area contributed by atoms with Crippen LogP contribution in [0.25, 0.3) is 11.1 Å². The van der Waals surface area contributed by atoms with Gasteiger partial charge < -0.3 is 15.5 Å². The van der Waals surface area contributed by atoms with Gasteiger partial charge in [0.2, 0.25) is 0 Å². The molecule has 0 radical (unpaired) electrons. The first-order valence-corrected chi connectivity index (χ1v) is 9.60. The summed E-state index contributed by atoms with van der Waals surface area (Å²) >= 11 is 0. The Morgan fingerprint density at radius 2 is 1.57 bits per heavy atom. The van der Waals surface area contributed by atoms with Crippen LogP contribution in [0.1, 0.15) is 16.8 Å². The molecule has 144 valence electrons. The van der Waals surface area contributed by atoms with Crippen LogP contribution in [0, 0.1) is 0 Å². The van der Waals surface area contributed by atoms with E-state index in [0.29, 0.717) is 5.56 Å². The zero-order chi connectivity index (χ0) is 19.8. The zero-order valence-electron chi connectivity index (χ0n) is 16.5. The smallest absolute Gasteiger partial charge is 0.256 e. The number of hydrogen-bond acceptors (Lipinski definition) is 3. The highest BCUT2D eigenvalue weighted by atomic mass is 16.1. The maximum atomic E-state index is 12.9. The van der Waals surface area contributed by atoms with Crippen LogP contribution >= 0.6 is 0 Å². The number of anilines is 2. The summed E-state index contributed by atoms with van der Waals surface area (Å²) in [6, 6.07) is 25.7. The third kappa shape index (κ3) is 4.99. The first kappa shape index (κ1) is 19.6. The molecule has 4 heteroatoms. The molecule has 0 fully saturated rings.